The lowest BCUT2D eigenvalue weighted by Gasteiger charge is -2.22. The maximum Gasteiger partial charge on any atom is 0.211 e. The van der Waals surface area contributed by atoms with E-state index in [1.165, 1.54) is 10.5 Å². The van der Waals surface area contributed by atoms with Crippen molar-refractivity contribution >= 4 is 27.7 Å². The summed E-state index contributed by atoms with van der Waals surface area (Å²) in [5.74, 6) is 0.852. The summed E-state index contributed by atoms with van der Waals surface area (Å²) in [4.78, 5) is 7.76. The Hall–Kier alpha value is -1.25. The van der Waals surface area contributed by atoms with Crippen molar-refractivity contribution in [2.45, 2.75) is 25.3 Å². The molecule has 24 heavy (non-hydrogen) atoms. The molecule has 1 aromatic carbocycles. The van der Waals surface area contributed by atoms with Crippen molar-refractivity contribution in [1.29, 1.82) is 0 Å². The first-order valence-corrected chi connectivity index (χ1v) is 10.9. The summed E-state index contributed by atoms with van der Waals surface area (Å²) < 4.78 is 25.3. The van der Waals surface area contributed by atoms with E-state index >= 15 is 0 Å². The summed E-state index contributed by atoms with van der Waals surface area (Å²) in [6.45, 7) is 5.83. The van der Waals surface area contributed by atoms with Crippen molar-refractivity contribution in [3.8, 4) is 0 Å². The van der Waals surface area contributed by atoms with Gasteiger partial charge in [-0.3, -0.25) is 4.99 Å². The number of nitrogens with zero attached hydrogens (tertiary/aromatic N) is 2. The highest BCUT2D eigenvalue weighted by Gasteiger charge is 2.08. The number of aliphatic imine (C=N–C) groups is 1. The molecule has 0 spiro atoms. The van der Waals surface area contributed by atoms with Gasteiger partial charge in [0.2, 0.25) is 10.0 Å². The van der Waals surface area contributed by atoms with Gasteiger partial charge in [-0.1, -0.05) is 12.1 Å². The third-order valence-corrected chi connectivity index (χ3v) is 5.50. The van der Waals surface area contributed by atoms with Gasteiger partial charge in [0.1, 0.15) is 0 Å². The lowest BCUT2D eigenvalue weighted by Crippen LogP contribution is -2.39. The van der Waals surface area contributed by atoms with Gasteiger partial charge in [0.15, 0.2) is 5.96 Å². The second kappa shape index (κ2) is 10.6. The summed E-state index contributed by atoms with van der Waals surface area (Å²) in [5, 5.41) is 3.23. The highest BCUT2D eigenvalue weighted by molar-refractivity contribution is 7.98. The van der Waals surface area contributed by atoms with Crippen LogP contribution in [0.1, 0.15) is 19.4 Å². The van der Waals surface area contributed by atoms with Gasteiger partial charge >= 0.3 is 0 Å². The first kappa shape index (κ1) is 20.8. The van der Waals surface area contributed by atoms with Crippen LogP contribution in [0, 0.1) is 0 Å². The lowest BCUT2D eigenvalue weighted by molar-refractivity contribution is 0.476. The number of thioether (sulfide) groups is 1. The summed E-state index contributed by atoms with van der Waals surface area (Å²) >= 11 is 1.72. The van der Waals surface area contributed by atoms with Crippen LogP contribution < -0.4 is 10.0 Å². The molecule has 0 amide bonds. The van der Waals surface area contributed by atoms with Crippen LogP contribution in [0.5, 0.6) is 0 Å². The van der Waals surface area contributed by atoms with E-state index in [4.69, 9.17) is 0 Å². The summed E-state index contributed by atoms with van der Waals surface area (Å²) in [6, 6.07) is 8.44. The third kappa shape index (κ3) is 7.55. The van der Waals surface area contributed by atoms with Gasteiger partial charge in [-0.2, -0.15) is 0 Å². The zero-order valence-corrected chi connectivity index (χ0v) is 16.5. The Bertz CT molecular complexity index is 615. The fourth-order valence-corrected chi connectivity index (χ4v) is 3.03. The smallest absolute Gasteiger partial charge is 0.211 e. The SMILES string of the molecule is CCNC(=NCCNS(=O)(=O)CC)N(C)Cc1ccc(SC)cc1. The average molecular weight is 373 g/mol. The fraction of sp³-hybridized carbons (Fsp3) is 0.562. The molecular formula is C16H28N4O2S2. The molecule has 0 aliphatic carbocycles. The molecule has 0 bridgehead atoms. The molecule has 0 saturated carbocycles. The number of hydrogen-bond acceptors (Lipinski definition) is 4. The molecule has 1 aromatic rings. The van der Waals surface area contributed by atoms with Crippen LogP contribution in [0.2, 0.25) is 0 Å². The van der Waals surface area contributed by atoms with E-state index in [2.05, 4.69) is 45.6 Å². The molecule has 136 valence electrons. The molecule has 0 atom stereocenters. The van der Waals surface area contributed by atoms with Crippen LogP contribution in [-0.2, 0) is 16.6 Å². The maximum absolute atomic E-state index is 11.4. The Balaban J connectivity index is 2.62. The average Bonchev–Trinajstić information content (AvgIpc) is 2.58. The molecule has 0 fully saturated rings. The molecule has 0 heterocycles. The minimum absolute atomic E-state index is 0.0860. The molecule has 0 unspecified atom stereocenters. The molecule has 0 saturated heterocycles. The largest absolute Gasteiger partial charge is 0.357 e. The Morgan fingerprint density at radius 3 is 2.46 bits per heavy atom. The van der Waals surface area contributed by atoms with Gasteiger partial charge in [0, 0.05) is 31.6 Å². The number of benzene rings is 1. The second-order valence-electron chi connectivity index (χ2n) is 5.24. The van der Waals surface area contributed by atoms with E-state index < -0.39 is 10.0 Å². The molecule has 0 aromatic heterocycles. The van der Waals surface area contributed by atoms with Crippen LogP contribution >= 0.6 is 11.8 Å². The molecule has 2 N–H and O–H groups in total. The first-order valence-electron chi connectivity index (χ1n) is 8.01. The van der Waals surface area contributed by atoms with Crippen molar-refractivity contribution < 1.29 is 8.42 Å². The van der Waals surface area contributed by atoms with E-state index in [0.717, 1.165) is 19.0 Å². The summed E-state index contributed by atoms with van der Waals surface area (Å²) in [6.07, 6.45) is 2.06. The van der Waals surface area contributed by atoms with Gasteiger partial charge in [0.05, 0.1) is 12.3 Å². The van der Waals surface area contributed by atoms with E-state index in [1.54, 1.807) is 18.7 Å². The molecule has 0 aliphatic heterocycles. The maximum atomic E-state index is 11.4. The van der Waals surface area contributed by atoms with Crippen LogP contribution in [0.3, 0.4) is 0 Å². The van der Waals surface area contributed by atoms with Crippen molar-refractivity contribution in [3.05, 3.63) is 29.8 Å². The topological polar surface area (TPSA) is 73.8 Å². The highest BCUT2D eigenvalue weighted by atomic mass is 32.2. The van der Waals surface area contributed by atoms with Crippen molar-refractivity contribution in [3.63, 3.8) is 0 Å². The van der Waals surface area contributed by atoms with Gasteiger partial charge in [-0.05, 0) is 37.8 Å². The van der Waals surface area contributed by atoms with Crippen molar-refractivity contribution in [2.75, 3.05) is 38.7 Å². The quantitative estimate of drug-likeness (QED) is 0.299. The number of hydrogen-bond donors (Lipinski definition) is 2. The minimum atomic E-state index is -3.16. The predicted octanol–water partition coefficient (Wildman–Crippen LogP) is 1.75. The molecule has 1 rings (SSSR count). The number of sulfonamides is 1. The van der Waals surface area contributed by atoms with Crippen LogP contribution in [-0.4, -0.2) is 58.0 Å². The molecule has 8 heteroatoms. The molecule has 0 radical (unpaired) electrons. The van der Waals surface area contributed by atoms with Gasteiger partial charge in [0.25, 0.3) is 0 Å². The van der Waals surface area contributed by atoms with Crippen molar-refractivity contribution in [2.24, 2.45) is 4.99 Å². The predicted molar refractivity (Wildman–Crippen MR) is 103 cm³/mol. The standard InChI is InChI=1S/C16H28N4O2S2/c1-5-17-16(18-11-12-19-24(21,22)6-2)20(3)13-14-7-9-15(23-4)10-8-14/h7-10,19H,5-6,11-13H2,1-4H3,(H,17,18). The summed E-state index contributed by atoms with van der Waals surface area (Å²) in [5.41, 5.74) is 1.20. The monoisotopic (exact) mass is 372 g/mol. The van der Waals surface area contributed by atoms with Crippen molar-refractivity contribution in [1.82, 2.24) is 14.9 Å². The summed E-state index contributed by atoms with van der Waals surface area (Å²) in [7, 11) is -1.19. The van der Waals surface area contributed by atoms with Crippen LogP contribution in [0.25, 0.3) is 0 Å². The number of nitrogens with one attached hydrogen (secondary N) is 2. The normalized spacial score (nSPS) is 12.2. The fourth-order valence-electron chi connectivity index (χ4n) is 2.01. The zero-order chi connectivity index (χ0) is 18.0. The van der Waals surface area contributed by atoms with E-state index in [9.17, 15) is 8.42 Å². The Kier molecular flexibility index (Phi) is 9.17. The Morgan fingerprint density at radius 2 is 1.92 bits per heavy atom. The van der Waals surface area contributed by atoms with Crippen LogP contribution in [0.4, 0.5) is 0 Å². The third-order valence-electron chi connectivity index (χ3n) is 3.35. The molecule has 0 aliphatic rings. The van der Waals surface area contributed by atoms with Gasteiger partial charge < -0.3 is 10.2 Å². The first-order chi connectivity index (χ1) is 11.4. The molecular weight excluding hydrogens is 344 g/mol. The lowest BCUT2D eigenvalue weighted by atomic mass is 10.2. The Morgan fingerprint density at radius 1 is 1.25 bits per heavy atom. The van der Waals surface area contributed by atoms with E-state index in [1.807, 2.05) is 18.9 Å². The highest BCUT2D eigenvalue weighted by Crippen LogP contribution is 2.15. The van der Waals surface area contributed by atoms with Gasteiger partial charge in [-0.15, -0.1) is 11.8 Å². The number of rotatable bonds is 9. The molecule has 6 nitrogen and oxygen atoms in total. The zero-order valence-electron chi connectivity index (χ0n) is 14.9. The van der Waals surface area contributed by atoms with Gasteiger partial charge in [-0.25, -0.2) is 13.1 Å². The number of guanidine groups is 1. The second-order valence-corrected chi connectivity index (χ2v) is 8.21. The van der Waals surface area contributed by atoms with E-state index in [-0.39, 0.29) is 5.75 Å². The van der Waals surface area contributed by atoms with E-state index in [0.29, 0.717) is 13.1 Å². The Labute approximate surface area is 150 Å². The minimum Gasteiger partial charge on any atom is -0.357 e. The van der Waals surface area contributed by atoms with Crippen LogP contribution in [0.15, 0.2) is 34.2 Å².